The summed E-state index contributed by atoms with van der Waals surface area (Å²) >= 11 is 0. The first-order valence-electron chi connectivity index (χ1n) is 14.2. The quantitative estimate of drug-likeness (QED) is 0.530. The molecular weight excluding hydrogens is 410 g/mol. The van der Waals surface area contributed by atoms with Crippen LogP contribution < -0.4 is 5.32 Å². The Balaban J connectivity index is 1.32. The molecule has 11 atom stereocenters. The number of nitrogens with one attached hydrogen (secondary N) is 1. The van der Waals surface area contributed by atoms with E-state index in [-0.39, 0.29) is 23.5 Å². The molecule has 0 aromatic rings. The van der Waals surface area contributed by atoms with Crippen molar-refractivity contribution < 1.29 is 14.6 Å². The topological polar surface area (TPSA) is 58.6 Å². The summed E-state index contributed by atoms with van der Waals surface area (Å²) in [6.07, 6.45) is 13.6. The van der Waals surface area contributed by atoms with Crippen molar-refractivity contribution in [1.82, 2.24) is 5.32 Å². The molecular formula is C29H49NO3. The zero-order valence-electron chi connectivity index (χ0n) is 21.9. The third-order valence-corrected chi connectivity index (χ3v) is 12.0. The molecule has 0 unspecified atom stereocenters. The molecule has 1 aliphatic heterocycles. The summed E-state index contributed by atoms with van der Waals surface area (Å²) in [7, 11) is 0. The van der Waals surface area contributed by atoms with Gasteiger partial charge in [0.25, 0.3) is 0 Å². The van der Waals surface area contributed by atoms with Gasteiger partial charge in [-0.3, -0.25) is 4.79 Å². The van der Waals surface area contributed by atoms with Gasteiger partial charge in [0.15, 0.2) is 0 Å². The molecule has 0 amide bonds. The van der Waals surface area contributed by atoms with Crippen molar-refractivity contribution in [2.45, 2.75) is 123 Å². The van der Waals surface area contributed by atoms with Crippen LogP contribution in [0.15, 0.2) is 0 Å². The number of aliphatic hydroxyl groups is 1. The van der Waals surface area contributed by atoms with Gasteiger partial charge in [-0.15, -0.1) is 0 Å². The van der Waals surface area contributed by atoms with E-state index < -0.39 is 5.60 Å². The van der Waals surface area contributed by atoms with E-state index in [4.69, 9.17) is 4.74 Å². The van der Waals surface area contributed by atoms with Crippen molar-refractivity contribution in [3.63, 3.8) is 0 Å². The minimum atomic E-state index is -0.611. The second-order valence-corrected chi connectivity index (χ2v) is 13.7. The molecule has 4 aliphatic carbocycles. The molecule has 0 radical (unpaired) electrons. The maximum absolute atomic E-state index is 12.0. The first-order valence-corrected chi connectivity index (χ1v) is 14.2. The maximum atomic E-state index is 12.0. The zero-order chi connectivity index (χ0) is 23.6. The fraction of sp³-hybridized carbons (Fsp3) is 0.966. The number of carbonyl (C=O) groups is 1. The summed E-state index contributed by atoms with van der Waals surface area (Å²) in [5.74, 6) is 4.12. The van der Waals surface area contributed by atoms with Gasteiger partial charge in [0.2, 0.25) is 0 Å². The van der Waals surface area contributed by atoms with Gasteiger partial charge >= 0.3 is 5.97 Å². The average Bonchev–Trinajstić information content (AvgIpc) is 3.12. The Morgan fingerprint density at radius 3 is 2.39 bits per heavy atom. The van der Waals surface area contributed by atoms with Gasteiger partial charge in [-0.05, 0) is 130 Å². The number of fused-ring (bicyclic) bond motifs is 5. The van der Waals surface area contributed by atoms with Gasteiger partial charge in [0.05, 0.1) is 5.60 Å². The van der Waals surface area contributed by atoms with Crippen molar-refractivity contribution in [3.05, 3.63) is 0 Å². The molecule has 1 heterocycles. The van der Waals surface area contributed by atoms with Crippen molar-refractivity contribution in [2.75, 3.05) is 6.54 Å². The molecule has 5 rings (SSSR count). The SMILES string of the molecule is CC(=O)O[C@H]1CC[C@@]2(C)[C@@H](CC[C@@H]3[C@@H]2CC[C@]2(C)[C@@H]([C@@](C)(O)[C@H]4CC[C@@H](C)CN4)CC[C@@H]32)C1. The lowest BCUT2D eigenvalue weighted by molar-refractivity contribution is -0.165. The van der Waals surface area contributed by atoms with Crippen LogP contribution >= 0.6 is 0 Å². The first-order chi connectivity index (χ1) is 15.6. The molecule has 188 valence electrons. The Morgan fingerprint density at radius 1 is 0.970 bits per heavy atom. The Bertz CT molecular complexity index is 743. The average molecular weight is 460 g/mol. The summed E-state index contributed by atoms with van der Waals surface area (Å²) in [5, 5.41) is 15.7. The lowest BCUT2D eigenvalue weighted by atomic mass is 9.44. The second-order valence-electron chi connectivity index (χ2n) is 13.7. The van der Waals surface area contributed by atoms with E-state index in [1.807, 2.05) is 0 Å². The van der Waals surface area contributed by atoms with Gasteiger partial charge in [-0.1, -0.05) is 20.8 Å². The molecule has 4 heteroatoms. The van der Waals surface area contributed by atoms with Crippen LogP contribution in [0, 0.1) is 46.3 Å². The van der Waals surface area contributed by atoms with E-state index in [0.29, 0.717) is 17.3 Å². The molecule has 5 fully saturated rings. The van der Waals surface area contributed by atoms with Gasteiger partial charge < -0.3 is 15.2 Å². The van der Waals surface area contributed by atoms with Crippen LogP contribution in [0.5, 0.6) is 0 Å². The van der Waals surface area contributed by atoms with Crippen LogP contribution in [0.4, 0.5) is 0 Å². The molecule has 0 spiro atoms. The Morgan fingerprint density at radius 2 is 1.70 bits per heavy atom. The monoisotopic (exact) mass is 459 g/mol. The standard InChI is InChI=1S/C29H49NO3/c1-18-6-11-26(30-17-18)29(5,32)25-10-9-23-22-8-7-20-16-21(33-19(2)31)12-14-27(20,3)24(22)13-15-28(23,25)4/h18,20-26,30,32H,6-17H2,1-5H3/t18-,20+,21+,22+,23+,24+,25+,26-,27+,28+,29-/m1/s1. The zero-order valence-corrected chi connectivity index (χ0v) is 21.9. The van der Waals surface area contributed by atoms with E-state index >= 15 is 0 Å². The highest BCUT2D eigenvalue weighted by molar-refractivity contribution is 5.66. The lowest BCUT2D eigenvalue weighted by Crippen LogP contribution is -2.60. The van der Waals surface area contributed by atoms with Crippen LogP contribution in [0.2, 0.25) is 0 Å². The predicted molar refractivity (Wildman–Crippen MR) is 132 cm³/mol. The Hall–Kier alpha value is -0.610. The van der Waals surface area contributed by atoms with Crippen LogP contribution in [-0.4, -0.2) is 35.4 Å². The van der Waals surface area contributed by atoms with Crippen LogP contribution in [0.25, 0.3) is 0 Å². The van der Waals surface area contributed by atoms with Crippen molar-refractivity contribution in [2.24, 2.45) is 46.3 Å². The van der Waals surface area contributed by atoms with Crippen LogP contribution in [-0.2, 0) is 9.53 Å². The summed E-state index contributed by atoms with van der Waals surface area (Å²) in [4.78, 5) is 11.5. The number of carbonyl (C=O) groups excluding carboxylic acids is 1. The van der Waals surface area contributed by atoms with E-state index in [1.165, 1.54) is 51.4 Å². The fourth-order valence-electron chi connectivity index (χ4n) is 10.3. The normalized spacial score (nSPS) is 51.6. The van der Waals surface area contributed by atoms with Gasteiger partial charge in [0.1, 0.15) is 6.10 Å². The minimum absolute atomic E-state index is 0.114. The molecule has 4 saturated carbocycles. The summed E-state index contributed by atoms with van der Waals surface area (Å²) in [6.45, 7) is 12.2. The largest absolute Gasteiger partial charge is 0.463 e. The number of esters is 1. The van der Waals surface area contributed by atoms with E-state index in [0.717, 1.165) is 49.5 Å². The van der Waals surface area contributed by atoms with Crippen LogP contribution in [0.1, 0.15) is 105 Å². The molecule has 4 nitrogen and oxygen atoms in total. The van der Waals surface area contributed by atoms with Crippen molar-refractivity contribution in [3.8, 4) is 0 Å². The van der Waals surface area contributed by atoms with Crippen molar-refractivity contribution >= 4 is 5.97 Å². The smallest absolute Gasteiger partial charge is 0.302 e. The van der Waals surface area contributed by atoms with Gasteiger partial charge in [-0.2, -0.15) is 0 Å². The van der Waals surface area contributed by atoms with E-state index in [2.05, 4.69) is 33.0 Å². The second kappa shape index (κ2) is 8.50. The van der Waals surface area contributed by atoms with Gasteiger partial charge in [0, 0.05) is 13.0 Å². The molecule has 0 aromatic carbocycles. The molecule has 2 N–H and O–H groups in total. The van der Waals surface area contributed by atoms with Crippen LogP contribution in [0.3, 0.4) is 0 Å². The highest BCUT2D eigenvalue weighted by atomic mass is 16.5. The summed E-state index contributed by atoms with van der Waals surface area (Å²) in [5.41, 5.74) is 0.0653. The number of piperidine rings is 1. The highest BCUT2D eigenvalue weighted by Crippen LogP contribution is 2.68. The highest BCUT2D eigenvalue weighted by Gasteiger charge is 2.63. The summed E-state index contributed by atoms with van der Waals surface area (Å²) < 4.78 is 5.65. The molecule has 5 aliphatic rings. The predicted octanol–water partition coefficient (Wildman–Crippen LogP) is 5.72. The number of hydrogen-bond donors (Lipinski definition) is 2. The molecule has 33 heavy (non-hydrogen) atoms. The lowest BCUT2D eigenvalue weighted by Gasteiger charge is -2.62. The third kappa shape index (κ3) is 3.90. The van der Waals surface area contributed by atoms with Gasteiger partial charge in [-0.25, -0.2) is 0 Å². The molecule has 0 bridgehead atoms. The Kier molecular flexibility index (Phi) is 6.21. The number of hydrogen-bond acceptors (Lipinski definition) is 4. The maximum Gasteiger partial charge on any atom is 0.302 e. The Labute approximate surface area is 202 Å². The number of ether oxygens (including phenoxy) is 1. The molecule has 0 aromatic heterocycles. The summed E-state index contributed by atoms with van der Waals surface area (Å²) in [6, 6.07) is 0.247. The fourth-order valence-corrected chi connectivity index (χ4v) is 10.3. The van der Waals surface area contributed by atoms with Crippen molar-refractivity contribution in [1.29, 1.82) is 0 Å². The number of rotatable bonds is 3. The first kappa shape index (κ1) is 24.1. The third-order valence-electron chi connectivity index (χ3n) is 12.0. The minimum Gasteiger partial charge on any atom is -0.463 e. The molecule has 1 saturated heterocycles. The van der Waals surface area contributed by atoms with E-state index in [9.17, 15) is 9.90 Å². The van der Waals surface area contributed by atoms with E-state index in [1.54, 1.807) is 6.92 Å².